The summed E-state index contributed by atoms with van der Waals surface area (Å²) in [4.78, 5) is 47.7. The van der Waals surface area contributed by atoms with E-state index in [1.807, 2.05) is 53.7 Å². The van der Waals surface area contributed by atoms with Gasteiger partial charge in [0.1, 0.15) is 5.82 Å². The van der Waals surface area contributed by atoms with E-state index in [4.69, 9.17) is 23.2 Å². The molecular weight excluding hydrogens is 915 g/mol. The monoisotopic (exact) mass is 1010 g/mol. The van der Waals surface area contributed by atoms with Crippen LogP contribution in [0.5, 0.6) is 0 Å². The summed E-state index contributed by atoms with van der Waals surface area (Å²) in [5.74, 6) is -0.426. The molecule has 2 amide bonds. The molecule has 400 valence electrons. The van der Waals surface area contributed by atoms with Crippen molar-refractivity contribution < 1.29 is 23.6 Å². The van der Waals surface area contributed by atoms with Crippen LogP contribution in [0.4, 0.5) is 4.39 Å². The van der Waals surface area contributed by atoms with Crippen molar-refractivity contribution in [3.05, 3.63) is 116 Å². The van der Waals surface area contributed by atoms with Gasteiger partial charge in [-0.05, 0) is 118 Å². The molecule has 5 rings (SSSR count). The maximum Gasteiger partial charge on any atom is 0.262 e. The molecule has 70 heavy (non-hydrogen) atoms. The molecule has 2 aliphatic rings. The second-order valence-electron chi connectivity index (χ2n) is 19.0. The first-order chi connectivity index (χ1) is 32.9. The Balaban J connectivity index is -0.000000380. The summed E-state index contributed by atoms with van der Waals surface area (Å²) < 4.78 is 12.6. The number of imide groups is 1. The van der Waals surface area contributed by atoms with Gasteiger partial charge < -0.3 is 5.32 Å². The number of hydrogen-bond donors (Lipinski definition) is 1. The van der Waals surface area contributed by atoms with Crippen LogP contribution in [0.15, 0.2) is 67.3 Å². The molecule has 1 aliphatic carbocycles. The number of halogens is 3. The Hall–Kier alpha value is -3.65. The lowest BCUT2D eigenvalue weighted by atomic mass is 9.52. The van der Waals surface area contributed by atoms with Crippen LogP contribution in [-0.2, 0) is 4.79 Å². The first-order valence-corrected chi connectivity index (χ1v) is 27.1. The average molecular weight is 1020 g/mol. The Bertz CT molecular complexity index is 1870. The molecule has 1 atom stereocenters. The van der Waals surface area contributed by atoms with Crippen LogP contribution >= 0.6 is 23.2 Å². The fourth-order valence-electron chi connectivity index (χ4n) is 8.31. The third-order valence-corrected chi connectivity index (χ3v) is 12.1. The normalized spacial score (nSPS) is 13.6. The molecule has 3 aromatic carbocycles. The van der Waals surface area contributed by atoms with Crippen LogP contribution in [0, 0.1) is 43.3 Å². The molecule has 1 heterocycles. The fourth-order valence-corrected chi connectivity index (χ4v) is 8.72. The molecule has 0 saturated heterocycles. The number of ketones is 1. The van der Waals surface area contributed by atoms with E-state index < -0.39 is 11.9 Å². The van der Waals surface area contributed by atoms with Gasteiger partial charge in [-0.25, -0.2) is 4.39 Å². The van der Waals surface area contributed by atoms with E-state index in [-0.39, 0.29) is 23.2 Å². The summed E-state index contributed by atoms with van der Waals surface area (Å²) in [6, 6.07) is 15.1. The Morgan fingerprint density at radius 1 is 0.757 bits per heavy atom. The van der Waals surface area contributed by atoms with Gasteiger partial charge in [0.05, 0.1) is 22.7 Å². The number of fused-ring (bicyclic) bond motifs is 1. The number of amides is 2. The lowest BCUT2D eigenvalue weighted by Gasteiger charge is -2.57. The Morgan fingerprint density at radius 3 is 1.59 bits per heavy atom. The average Bonchev–Trinajstić information content (AvgIpc) is 3.54. The van der Waals surface area contributed by atoms with Crippen molar-refractivity contribution in [2.24, 2.45) is 16.7 Å². The molecule has 1 fully saturated rings. The zero-order chi connectivity index (χ0) is 55.2. The van der Waals surface area contributed by atoms with Gasteiger partial charge in [0.15, 0.2) is 12.1 Å². The highest BCUT2D eigenvalue weighted by molar-refractivity contribution is 6.35. The molecule has 1 N–H and O–H groups in total. The van der Waals surface area contributed by atoms with Crippen LogP contribution in [0.2, 0.25) is 10.0 Å². The molecule has 0 aromatic heterocycles. The van der Waals surface area contributed by atoms with Gasteiger partial charge in [-0.15, -0.1) is 6.58 Å². The number of rotatable bonds is 14. The lowest BCUT2D eigenvalue weighted by molar-refractivity contribution is -0.120. The number of benzene rings is 3. The molecule has 1 aliphatic heterocycles. The number of carbonyl (C=O) groups is 4. The number of hydrogen-bond acceptors (Lipinski definition) is 5. The third kappa shape index (κ3) is 29.0. The van der Waals surface area contributed by atoms with Crippen molar-refractivity contribution in [1.29, 1.82) is 0 Å². The highest BCUT2D eigenvalue weighted by Crippen LogP contribution is 2.53. The molecule has 6 nitrogen and oxygen atoms in total. The van der Waals surface area contributed by atoms with Crippen LogP contribution in [0.25, 0.3) is 0 Å². The molecule has 0 bridgehead atoms. The van der Waals surface area contributed by atoms with E-state index in [0.717, 1.165) is 32.5 Å². The van der Waals surface area contributed by atoms with Gasteiger partial charge in [0.25, 0.3) is 11.8 Å². The smallest absolute Gasteiger partial charge is 0.262 e. The number of aryl methyl sites for hydroxylation is 3. The Morgan fingerprint density at radius 2 is 1.24 bits per heavy atom. The van der Waals surface area contributed by atoms with Gasteiger partial charge in [-0.2, -0.15) is 0 Å². The maximum atomic E-state index is 12.6. The minimum absolute atomic E-state index is 0.116. The van der Waals surface area contributed by atoms with Crippen molar-refractivity contribution in [2.45, 2.75) is 221 Å². The molecule has 1 saturated carbocycles. The first-order valence-electron chi connectivity index (χ1n) is 26.3. The number of Topliss-reactive ketones (excluding diaryl/α,β-unsaturated/α-hetero) is 1. The molecule has 3 aromatic rings. The summed E-state index contributed by atoms with van der Waals surface area (Å²) in [6.45, 7) is 43.6. The van der Waals surface area contributed by atoms with Crippen molar-refractivity contribution in [3.63, 3.8) is 0 Å². The maximum absolute atomic E-state index is 12.6. The molecule has 0 spiro atoms. The van der Waals surface area contributed by atoms with Gasteiger partial charge in [0, 0.05) is 16.1 Å². The minimum atomic E-state index is -0.708. The highest BCUT2D eigenvalue weighted by Gasteiger charge is 2.51. The van der Waals surface area contributed by atoms with E-state index in [2.05, 4.69) is 95.1 Å². The largest absolute Gasteiger partial charge is 0.316 e. The van der Waals surface area contributed by atoms with Gasteiger partial charge in [-0.3, -0.25) is 24.1 Å². The zero-order valence-corrected chi connectivity index (χ0v) is 49.5. The van der Waals surface area contributed by atoms with E-state index in [9.17, 15) is 23.6 Å². The molecule has 0 radical (unpaired) electrons. The minimum Gasteiger partial charge on any atom is -0.316 e. The van der Waals surface area contributed by atoms with Gasteiger partial charge in [0.2, 0.25) is 0 Å². The second kappa shape index (κ2) is 41.9. The molecule has 9 heteroatoms. The standard InChI is InChI=1S/C16H17NO3.C9H19N.C8H7FO.C8H18.C7H6Cl2.C5H12.C4H10.2C2H6/c1-4-5-6-14(11(3)18)17-15(19)12-8-7-10(2)9-13(12)16(17)20;1-8(2)6-9(3,4)7(8)10-5;1-6-2-3-7(5-10)8(9)4-6;1-4-6-8(3)7-5-2;1-5-2-3-6(8)4-7(5)9;1-3-5-4-2;1-3-4-2;2*1-2/h4,7-9,14H,1,5-6H2,2-3H3;7,10H,6H2,1-5H3;2-5H,1H3;8H,4-7H2,1-3H3;2-4H,1H3;3-5H2,1-2H3;3-4H2,1-2H3;2*1-2H3. The quantitative estimate of drug-likeness (QED) is 0.0988. The van der Waals surface area contributed by atoms with E-state index in [0.29, 0.717) is 52.1 Å². The summed E-state index contributed by atoms with van der Waals surface area (Å²) in [6.07, 6.45) is 16.8. The van der Waals surface area contributed by atoms with Crippen LogP contribution in [0.1, 0.15) is 236 Å². The summed E-state index contributed by atoms with van der Waals surface area (Å²) in [5.41, 5.74) is 4.70. The SMILES string of the molecule is C=CCCC(C(C)=O)N1C(=O)c2ccc(C)cc2C1=O.CC.CC.CCCC.CCCC(C)CCC.CCCCC.CNC1C(C)(C)CC1(C)C.Cc1ccc(C=O)c(F)c1.Cc1ccc(Cl)cc1Cl. The Kier molecular flexibility index (Phi) is 43.6. The first kappa shape index (κ1) is 72.9. The third-order valence-electron chi connectivity index (χ3n) is 11.4. The number of nitrogens with one attached hydrogen (secondary N) is 1. The van der Waals surface area contributed by atoms with Crippen LogP contribution < -0.4 is 5.32 Å². The van der Waals surface area contributed by atoms with Crippen LogP contribution in [0.3, 0.4) is 0 Å². The number of carbonyl (C=O) groups excluding carboxylic acids is 4. The lowest BCUT2D eigenvalue weighted by Crippen LogP contribution is -2.61. The van der Waals surface area contributed by atoms with Gasteiger partial charge >= 0.3 is 0 Å². The predicted octanol–water partition coefficient (Wildman–Crippen LogP) is 19.1. The zero-order valence-electron chi connectivity index (χ0n) is 48.0. The van der Waals surface area contributed by atoms with E-state index >= 15 is 0 Å². The molecule has 1 unspecified atom stereocenters. The van der Waals surface area contributed by atoms with E-state index in [1.165, 1.54) is 83.3 Å². The number of allylic oxidation sites excluding steroid dienone is 1. The highest BCUT2D eigenvalue weighted by atomic mass is 35.5. The number of aldehydes is 1. The predicted molar refractivity (Wildman–Crippen MR) is 306 cm³/mol. The van der Waals surface area contributed by atoms with Crippen molar-refractivity contribution in [2.75, 3.05) is 7.05 Å². The fraction of sp³-hybridized carbons (Fsp3) is 0.607. The molecular formula is C61H101Cl2FN2O4. The van der Waals surface area contributed by atoms with Crippen LogP contribution in [-0.4, -0.2) is 47.9 Å². The number of nitrogens with zero attached hydrogens (tertiary/aromatic N) is 1. The summed E-state index contributed by atoms with van der Waals surface area (Å²) >= 11 is 11.4. The second-order valence-corrected chi connectivity index (χ2v) is 19.8. The van der Waals surface area contributed by atoms with Crippen molar-refractivity contribution >= 4 is 47.1 Å². The summed E-state index contributed by atoms with van der Waals surface area (Å²) in [7, 11) is 2.06. The number of unbranched alkanes of at least 4 members (excludes halogenated alkanes) is 3. The van der Waals surface area contributed by atoms with Gasteiger partial charge in [-0.1, -0.05) is 215 Å². The van der Waals surface area contributed by atoms with Crippen molar-refractivity contribution in [3.8, 4) is 0 Å². The van der Waals surface area contributed by atoms with Crippen molar-refractivity contribution in [1.82, 2.24) is 10.2 Å². The summed E-state index contributed by atoms with van der Waals surface area (Å²) in [5, 5.41) is 4.79. The topological polar surface area (TPSA) is 83.6 Å². The van der Waals surface area contributed by atoms with E-state index in [1.54, 1.807) is 43.3 Å². The Labute approximate surface area is 439 Å².